The van der Waals surface area contributed by atoms with Gasteiger partial charge in [0.25, 0.3) is 0 Å². The summed E-state index contributed by atoms with van der Waals surface area (Å²) in [4.78, 5) is 25.0. The molecule has 0 saturated carbocycles. The Balaban J connectivity index is 0.000000191. The molecule has 2 aromatic rings. The minimum atomic E-state index is -0.460. The topological polar surface area (TPSA) is 147 Å². The largest absolute Gasteiger partial charge is 0.390 e. The Morgan fingerprint density at radius 1 is 0.794 bits per heavy atom. The standard InChI is InChI=1S/2C10H16N4O3/c1-9-8-10(14(15)16)11-13(9)3-2-12-4-6-17-7-5-12;1-9-8-10(14(15)16)13(11-9)3-2-12-4-6-17-7-5-12/h2*8H,2-7H2,1H3. The van der Waals surface area contributed by atoms with E-state index in [4.69, 9.17) is 9.47 Å². The van der Waals surface area contributed by atoms with Crippen LogP contribution in [0.2, 0.25) is 0 Å². The summed E-state index contributed by atoms with van der Waals surface area (Å²) in [5, 5.41) is 29.5. The second-order valence-corrected chi connectivity index (χ2v) is 8.16. The molecule has 14 nitrogen and oxygen atoms in total. The Hall–Kier alpha value is -2.94. The molecular formula is C20H32N8O6. The fourth-order valence-corrected chi connectivity index (χ4v) is 3.77. The molecule has 2 saturated heterocycles. The average molecular weight is 481 g/mol. The summed E-state index contributed by atoms with van der Waals surface area (Å²) in [5.74, 6) is -0.0137. The van der Waals surface area contributed by atoms with Crippen molar-refractivity contribution in [1.82, 2.24) is 29.4 Å². The second kappa shape index (κ2) is 12.5. The van der Waals surface area contributed by atoms with E-state index in [1.807, 2.05) is 6.92 Å². The Labute approximate surface area is 197 Å². The van der Waals surface area contributed by atoms with E-state index in [2.05, 4.69) is 20.0 Å². The van der Waals surface area contributed by atoms with Crippen LogP contribution in [0.3, 0.4) is 0 Å². The van der Waals surface area contributed by atoms with Crippen LogP contribution in [-0.2, 0) is 22.6 Å². The van der Waals surface area contributed by atoms with Gasteiger partial charge in [0.2, 0.25) is 0 Å². The molecule has 4 heterocycles. The normalized spacial score (nSPS) is 17.2. The Morgan fingerprint density at radius 2 is 1.32 bits per heavy atom. The van der Waals surface area contributed by atoms with Gasteiger partial charge in [-0.25, -0.2) is 0 Å². The van der Waals surface area contributed by atoms with Gasteiger partial charge in [-0.05, 0) is 23.7 Å². The highest BCUT2D eigenvalue weighted by Gasteiger charge is 2.19. The van der Waals surface area contributed by atoms with Crippen molar-refractivity contribution in [3.8, 4) is 0 Å². The van der Waals surface area contributed by atoms with Crippen LogP contribution >= 0.6 is 0 Å². The van der Waals surface area contributed by atoms with Gasteiger partial charge >= 0.3 is 11.6 Å². The third-order valence-electron chi connectivity index (χ3n) is 5.69. The van der Waals surface area contributed by atoms with E-state index in [-0.39, 0.29) is 16.6 Å². The number of nitro groups is 2. The van der Waals surface area contributed by atoms with E-state index in [1.54, 1.807) is 11.6 Å². The lowest BCUT2D eigenvalue weighted by Crippen LogP contribution is -2.38. The minimum Gasteiger partial charge on any atom is -0.379 e. The van der Waals surface area contributed by atoms with E-state index < -0.39 is 4.92 Å². The van der Waals surface area contributed by atoms with Gasteiger partial charge in [0.15, 0.2) is 0 Å². The molecule has 0 spiro atoms. The number of nitrogens with zero attached hydrogens (tertiary/aromatic N) is 8. The number of morpholine rings is 2. The number of aryl methyl sites for hydroxylation is 2. The maximum Gasteiger partial charge on any atom is 0.390 e. The molecule has 2 aliphatic rings. The van der Waals surface area contributed by atoms with Gasteiger partial charge < -0.3 is 29.7 Å². The number of aromatic nitrogens is 4. The lowest BCUT2D eigenvalue weighted by molar-refractivity contribution is -0.392. The minimum absolute atomic E-state index is 0.0655. The first-order valence-corrected chi connectivity index (χ1v) is 11.3. The van der Waals surface area contributed by atoms with Crippen LogP contribution in [0.15, 0.2) is 12.1 Å². The summed E-state index contributed by atoms with van der Waals surface area (Å²) >= 11 is 0. The molecule has 0 amide bonds. The number of hydrogen-bond donors (Lipinski definition) is 0. The van der Waals surface area contributed by atoms with E-state index in [9.17, 15) is 20.2 Å². The molecule has 0 N–H and O–H groups in total. The lowest BCUT2D eigenvalue weighted by atomic mass is 10.4. The van der Waals surface area contributed by atoms with Crippen LogP contribution in [0.5, 0.6) is 0 Å². The van der Waals surface area contributed by atoms with E-state index in [0.29, 0.717) is 18.8 Å². The molecule has 4 rings (SSSR count). The first-order valence-electron chi connectivity index (χ1n) is 11.3. The van der Waals surface area contributed by atoms with Crippen molar-refractivity contribution in [2.75, 3.05) is 65.7 Å². The van der Waals surface area contributed by atoms with Gasteiger partial charge in [-0.2, -0.15) is 4.68 Å². The van der Waals surface area contributed by atoms with Gasteiger partial charge in [0, 0.05) is 39.3 Å². The molecule has 0 atom stereocenters. The quantitative estimate of drug-likeness (QED) is 0.394. The number of hydrogen-bond acceptors (Lipinski definition) is 10. The van der Waals surface area contributed by atoms with Crippen LogP contribution in [0.4, 0.5) is 11.6 Å². The Kier molecular flexibility index (Phi) is 9.44. The fourth-order valence-electron chi connectivity index (χ4n) is 3.77. The molecular weight excluding hydrogens is 448 g/mol. The lowest BCUT2D eigenvalue weighted by Gasteiger charge is -2.26. The zero-order valence-corrected chi connectivity index (χ0v) is 19.7. The van der Waals surface area contributed by atoms with Crippen LogP contribution in [-0.4, -0.2) is 105 Å². The maximum absolute atomic E-state index is 10.8. The van der Waals surface area contributed by atoms with Crippen molar-refractivity contribution in [2.24, 2.45) is 0 Å². The van der Waals surface area contributed by atoms with Crippen molar-refractivity contribution in [2.45, 2.75) is 26.9 Å². The first kappa shape index (κ1) is 25.7. The summed E-state index contributed by atoms with van der Waals surface area (Å²) in [5.41, 5.74) is 1.50. The van der Waals surface area contributed by atoms with Gasteiger partial charge in [-0.1, -0.05) is 5.10 Å². The highest BCUT2D eigenvalue weighted by Crippen LogP contribution is 2.13. The Bertz CT molecular complexity index is 949. The van der Waals surface area contributed by atoms with E-state index in [1.165, 1.54) is 16.8 Å². The van der Waals surface area contributed by atoms with Crippen molar-refractivity contribution >= 4 is 11.6 Å². The molecule has 14 heteroatoms. The van der Waals surface area contributed by atoms with Gasteiger partial charge in [0.05, 0.1) is 61.6 Å². The van der Waals surface area contributed by atoms with Crippen molar-refractivity contribution in [3.63, 3.8) is 0 Å². The summed E-state index contributed by atoms with van der Waals surface area (Å²) in [7, 11) is 0. The third-order valence-corrected chi connectivity index (χ3v) is 5.69. The zero-order chi connectivity index (χ0) is 24.5. The van der Waals surface area contributed by atoms with Crippen LogP contribution in [0.1, 0.15) is 11.4 Å². The summed E-state index contributed by atoms with van der Waals surface area (Å²) in [6.07, 6.45) is 0. The molecule has 188 valence electrons. The third kappa shape index (κ3) is 7.55. The SMILES string of the molecule is Cc1cc([N+](=O)[O-])n(CCN2CCOCC2)n1.Cc1cc([N+](=O)[O-])nn1CCN1CCOCC1. The van der Waals surface area contributed by atoms with Crippen LogP contribution in [0.25, 0.3) is 0 Å². The average Bonchev–Trinajstić information content (AvgIpc) is 3.40. The van der Waals surface area contributed by atoms with Crippen LogP contribution < -0.4 is 0 Å². The molecule has 0 bridgehead atoms. The molecule has 2 fully saturated rings. The molecule has 0 aliphatic carbocycles. The molecule has 2 aromatic heterocycles. The predicted octanol–water partition coefficient (Wildman–Crippen LogP) is 0.864. The summed E-state index contributed by atoms with van der Waals surface area (Å²) < 4.78 is 13.7. The fraction of sp³-hybridized carbons (Fsp3) is 0.700. The van der Waals surface area contributed by atoms with Crippen molar-refractivity contribution in [1.29, 1.82) is 0 Å². The summed E-state index contributed by atoms with van der Waals surface area (Å²) in [6.45, 7) is 13.0. The van der Waals surface area contributed by atoms with Gasteiger partial charge in [0.1, 0.15) is 6.54 Å². The number of ether oxygens (including phenoxy) is 2. The summed E-state index contributed by atoms with van der Waals surface area (Å²) in [6, 6.07) is 3.00. The molecule has 0 unspecified atom stereocenters. The van der Waals surface area contributed by atoms with Gasteiger partial charge in [-0.3, -0.25) is 9.80 Å². The van der Waals surface area contributed by atoms with Crippen LogP contribution in [0, 0.1) is 34.1 Å². The molecule has 0 radical (unpaired) electrons. The van der Waals surface area contributed by atoms with E-state index >= 15 is 0 Å². The number of rotatable bonds is 8. The van der Waals surface area contributed by atoms with Gasteiger partial charge in [-0.15, -0.1) is 4.68 Å². The highest BCUT2D eigenvalue weighted by atomic mass is 16.6. The molecule has 34 heavy (non-hydrogen) atoms. The first-order chi connectivity index (χ1) is 16.3. The van der Waals surface area contributed by atoms with E-state index in [0.717, 1.165) is 71.4 Å². The predicted molar refractivity (Wildman–Crippen MR) is 122 cm³/mol. The molecule has 2 aliphatic heterocycles. The van der Waals surface area contributed by atoms with Crippen molar-refractivity contribution < 1.29 is 19.3 Å². The highest BCUT2D eigenvalue weighted by molar-refractivity contribution is 5.22. The zero-order valence-electron chi connectivity index (χ0n) is 19.7. The second-order valence-electron chi connectivity index (χ2n) is 8.16. The monoisotopic (exact) mass is 480 g/mol. The smallest absolute Gasteiger partial charge is 0.379 e. The molecule has 0 aromatic carbocycles. The maximum atomic E-state index is 10.8. The van der Waals surface area contributed by atoms with Crippen molar-refractivity contribution in [3.05, 3.63) is 43.7 Å². The Morgan fingerprint density at radius 3 is 1.79 bits per heavy atom.